The Bertz CT molecular complexity index is 368. The first-order valence-corrected chi connectivity index (χ1v) is 6.02. The van der Waals surface area contributed by atoms with E-state index >= 15 is 0 Å². The van der Waals surface area contributed by atoms with Crippen LogP contribution >= 0.6 is 0 Å². The summed E-state index contributed by atoms with van der Waals surface area (Å²) < 4.78 is 1.56. The van der Waals surface area contributed by atoms with Crippen LogP contribution in [0.5, 0.6) is 0 Å². The molecule has 1 fully saturated rings. The van der Waals surface area contributed by atoms with Gasteiger partial charge < -0.3 is 16.4 Å². The molecular formula is C11H19N5O. The average Bonchev–Trinajstić information content (AvgIpc) is 2.54. The van der Waals surface area contributed by atoms with Gasteiger partial charge in [0.05, 0.1) is 11.9 Å². The topological polar surface area (TPSA) is 85.0 Å². The molecule has 0 aromatic carbocycles. The molecule has 0 saturated carbocycles. The van der Waals surface area contributed by atoms with Crippen molar-refractivity contribution in [3.8, 4) is 0 Å². The van der Waals surface area contributed by atoms with E-state index in [-0.39, 0.29) is 12.5 Å². The van der Waals surface area contributed by atoms with Crippen LogP contribution in [0.4, 0.5) is 5.69 Å². The maximum absolute atomic E-state index is 10.7. The zero-order valence-electron chi connectivity index (χ0n) is 9.85. The van der Waals surface area contributed by atoms with E-state index in [1.807, 2.05) is 6.20 Å². The molecule has 17 heavy (non-hydrogen) atoms. The molecule has 0 bridgehead atoms. The molecule has 0 aliphatic carbocycles. The second-order valence-corrected chi connectivity index (χ2v) is 4.42. The summed E-state index contributed by atoms with van der Waals surface area (Å²) in [5.74, 6) is -0.377. The molecule has 6 heteroatoms. The van der Waals surface area contributed by atoms with Crippen LogP contribution in [0, 0.1) is 0 Å². The summed E-state index contributed by atoms with van der Waals surface area (Å²) in [6.45, 7) is 2.28. The van der Waals surface area contributed by atoms with Gasteiger partial charge in [-0.25, -0.2) is 0 Å². The minimum Gasteiger partial charge on any atom is -0.380 e. The summed E-state index contributed by atoms with van der Waals surface area (Å²) in [5.41, 5.74) is 6.07. The zero-order valence-corrected chi connectivity index (χ0v) is 9.85. The quantitative estimate of drug-likeness (QED) is 0.684. The number of carbonyl (C=O) groups is 1. The highest BCUT2D eigenvalue weighted by Gasteiger charge is 2.12. The predicted molar refractivity (Wildman–Crippen MR) is 65.6 cm³/mol. The van der Waals surface area contributed by atoms with Crippen molar-refractivity contribution in [2.45, 2.75) is 31.8 Å². The van der Waals surface area contributed by atoms with E-state index in [2.05, 4.69) is 15.7 Å². The summed E-state index contributed by atoms with van der Waals surface area (Å²) in [6, 6.07) is 0.483. The minimum atomic E-state index is -0.377. The smallest absolute Gasteiger partial charge is 0.239 e. The molecule has 2 rings (SSSR count). The highest BCUT2D eigenvalue weighted by atomic mass is 16.1. The first-order chi connectivity index (χ1) is 8.24. The number of nitrogens with zero attached hydrogens (tertiary/aromatic N) is 2. The summed E-state index contributed by atoms with van der Waals surface area (Å²) in [4.78, 5) is 10.7. The highest BCUT2D eigenvalue weighted by Crippen LogP contribution is 2.13. The third kappa shape index (κ3) is 3.74. The molecule has 1 unspecified atom stereocenters. The normalized spacial score (nSPS) is 20.8. The fraction of sp³-hybridized carbons (Fsp3) is 0.636. The Morgan fingerprint density at radius 3 is 3.29 bits per heavy atom. The summed E-state index contributed by atoms with van der Waals surface area (Å²) >= 11 is 0. The molecule has 6 nitrogen and oxygen atoms in total. The van der Waals surface area contributed by atoms with Crippen molar-refractivity contribution in [2.24, 2.45) is 5.73 Å². The molecule has 0 radical (unpaired) electrons. The van der Waals surface area contributed by atoms with Gasteiger partial charge >= 0.3 is 0 Å². The molecule has 1 aromatic heterocycles. The lowest BCUT2D eigenvalue weighted by atomic mass is 10.1. The number of carbonyl (C=O) groups excluding carboxylic acids is 1. The number of hydrogen-bond acceptors (Lipinski definition) is 4. The highest BCUT2D eigenvalue weighted by molar-refractivity contribution is 5.73. The van der Waals surface area contributed by atoms with Crippen LogP contribution in [-0.2, 0) is 11.3 Å². The van der Waals surface area contributed by atoms with Gasteiger partial charge in [-0.3, -0.25) is 9.48 Å². The summed E-state index contributed by atoms with van der Waals surface area (Å²) in [6.07, 6.45) is 7.02. The van der Waals surface area contributed by atoms with Gasteiger partial charge in [-0.1, -0.05) is 0 Å². The number of nitrogens with one attached hydrogen (secondary N) is 2. The summed E-state index contributed by atoms with van der Waals surface area (Å²) in [5, 5.41) is 10.9. The largest absolute Gasteiger partial charge is 0.380 e. The van der Waals surface area contributed by atoms with Gasteiger partial charge in [-0.05, 0) is 32.4 Å². The van der Waals surface area contributed by atoms with Crippen molar-refractivity contribution in [3.63, 3.8) is 0 Å². The van der Waals surface area contributed by atoms with E-state index < -0.39 is 0 Å². The first kappa shape index (κ1) is 11.9. The van der Waals surface area contributed by atoms with Crippen molar-refractivity contribution < 1.29 is 4.79 Å². The number of aromatic nitrogens is 2. The Balaban J connectivity index is 1.89. The Hall–Kier alpha value is -1.56. The van der Waals surface area contributed by atoms with Gasteiger partial charge in [0.1, 0.15) is 6.54 Å². The van der Waals surface area contributed by atoms with Gasteiger partial charge in [0.2, 0.25) is 5.91 Å². The molecule has 1 aliphatic heterocycles. The Kier molecular flexibility index (Phi) is 3.98. The van der Waals surface area contributed by atoms with Gasteiger partial charge in [0.25, 0.3) is 0 Å². The molecule has 2 heterocycles. The van der Waals surface area contributed by atoms with Crippen molar-refractivity contribution in [1.29, 1.82) is 0 Å². The van der Waals surface area contributed by atoms with Crippen LogP contribution in [0.25, 0.3) is 0 Å². The molecule has 1 atom stereocenters. The van der Waals surface area contributed by atoms with E-state index in [1.54, 1.807) is 10.9 Å². The minimum absolute atomic E-state index is 0.133. The van der Waals surface area contributed by atoms with E-state index in [4.69, 9.17) is 5.73 Å². The van der Waals surface area contributed by atoms with Gasteiger partial charge in [-0.2, -0.15) is 5.10 Å². The third-order valence-electron chi connectivity index (χ3n) is 2.90. The second-order valence-electron chi connectivity index (χ2n) is 4.42. The molecule has 1 amide bonds. The number of nitrogens with two attached hydrogens (primary N) is 1. The lowest BCUT2D eigenvalue weighted by Gasteiger charge is -2.15. The van der Waals surface area contributed by atoms with E-state index in [1.165, 1.54) is 6.42 Å². The van der Waals surface area contributed by atoms with Crippen molar-refractivity contribution in [3.05, 3.63) is 12.4 Å². The molecule has 1 aromatic rings. The van der Waals surface area contributed by atoms with Crippen molar-refractivity contribution >= 4 is 11.6 Å². The van der Waals surface area contributed by atoms with Crippen LogP contribution in [-0.4, -0.2) is 34.8 Å². The Morgan fingerprint density at radius 2 is 2.47 bits per heavy atom. The lowest BCUT2D eigenvalue weighted by Crippen LogP contribution is -2.21. The standard InChI is InChI=1S/C11H19N5O/c12-11(17)8-16-7-10(6-14-16)15-9-2-1-4-13-5-3-9/h6-7,9,13,15H,1-5,8H2,(H2,12,17). The molecule has 94 valence electrons. The molecule has 1 saturated heterocycles. The van der Waals surface area contributed by atoms with E-state index in [0.29, 0.717) is 6.04 Å². The van der Waals surface area contributed by atoms with Crippen LogP contribution < -0.4 is 16.4 Å². The van der Waals surface area contributed by atoms with E-state index in [9.17, 15) is 4.79 Å². The fourth-order valence-electron chi connectivity index (χ4n) is 2.08. The predicted octanol–water partition coefficient (Wildman–Crippen LogP) is -0.0776. The number of anilines is 1. The lowest BCUT2D eigenvalue weighted by molar-refractivity contribution is -0.118. The molecule has 0 spiro atoms. The second kappa shape index (κ2) is 5.67. The SMILES string of the molecule is NC(=O)Cn1cc(NC2CCCNCC2)cn1. The first-order valence-electron chi connectivity index (χ1n) is 6.02. The molecular weight excluding hydrogens is 218 g/mol. The van der Waals surface area contributed by atoms with E-state index in [0.717, 1.165) is 31.6 Å². The van der Waals surface area contributed by atoms with Crippen LogP contribution in [0.2, 0.25) is 0 Å². The number of rotatable bonds is 4. The van der Waals surface area contributed by atoms with Gasteiger partial charge in [0, 0.05) is 12.2 Å². The van der Waals surface area contributed by atoms with Gasteiger partial charge in [-0.15, -0.1) is 0 Å². The monoisotopic (exact) mass is 237 g/mol. The number of primary amides is 1. The zero-order chi connectivity index (χ0) is 12.1. The average molecular weight is 237 g/mol. The molecule has 4 N–H and O–H groups in total. The number of amides is 1. The maximum atomic E-state index is 10.7. The molecule has 1 aliphatic rings. The van der Waals surface area contributed by atoms with Crippen LogP contribution in [0.1, 0.15) is 19.3 Å². The van der Waals surface area contributed by atoms with Gasteiger partial charge in [0.15, 0.2) is 0 Å². The Labute approximate surface area is 101 Å². The third-order valence-corrected chi connectivity index (χ3v) is 2.90. The van der Waals surface area contributed by atoms with Crippen LogP contribution in [0.15, 0.2) is 12.4 Å². The maximum Gasteiger partial charge on any atom is 0.239 e. The van der Waals surface area contributed by atoms with Crippen molar-refractivity contribution in [2.75, 3.05) is 18.4 Å². The fourth-order valence-corrected chi connectivity index (χ4v) is 2.08. The van der Waals surface area contributed by atoms with Crippen LogP contribution in [0.3, 0.4) is 0 Å². The summed E-state index contributed by atoms with van der Waals surface area (Å²) in [7, 11) is 0. The number of hydrogen-bond donors (Lipinski definition) is 3. The Morgan fingerprint density at radius 1 is 1.59 bits per heavy atom. The van der Waals surface area contributed by atoms with Crippen molar-refractivity contribution in [1.82, 2.24) is 15.1 Å².